The average molecular weight is 672 g/mol. The predicted molar refractivity (Wildman–Crippen MR) is 167 cm³/mol. The van der Waals surface area contributed by atoms with E-state index in [0.29, 0.717) is 43.0 Å². The van der Waals surface area contributed by atoms with Crippen LogP contribution >= 0.6 is 0 Å². The van der Waals surface area contributed by atoms with Crippen LogP contribution in [0.5, 0.6) is 0 Å². The number of piperidine rings is 1. The maximum absolute atomic E-state index is 14.5. The number of nitrogens with zero attached hydrogens (tertiary/aromatic N) is 3. The van der Waals surface area contributed by atoms with Crippen LogP contribution in [0.4, 0.5) is 24.5 Å². The van der Waals surface area contributed by atoms with E-state index >= 15 is 0 Å². The van der Waals surface area contributed by atoms with Crippen molar-refractivity contribution in [1.82, 2.24) is 9.97 Å². The Labute approximate surface area is 268 Å². The van der Waals surface area contributed by atoms with Gasteiger partial charge in [0.25, 0.3) is 16.0 Å². The first-order valence-electron chi connectivity index (χ1n) is 14.6. The van der Waals surface area contributed by atoms with Crippen molar-refractivity contribution in [3.05, 3.63) is 101 Å². The molecule has 6 N–H and O–H groups in total. The second-order valence-electron chi connectivity index (χ2n) is 11.3. The van der Waals surface area contributed by atoms with Crippen LogP contribution in [-0.2, 0) is 16.5 Å². The molecule has 248 valence electrons. The summed E-state index contributed by atoms with van der Waals surface area (Å²) in [7, 11) is -4.00. The number of benzene rings is 2. The number of carbonyl (C=O) groups excluding carboxylic acids is 1. The molecule has 3 heterocycles. The van der Waals surface area contributed by atoms with E-state index in [1.165, 1.54) is 18.3 Å². The molecule has 0 radical (unpaired) electrons. The minimum atomic E-state index is -4.00. The van der Waals surface area contributed by atoms with Gasteiger partial charge in [-0.2, -0.15) is 8.42 Å². The molecule has 4 aromatic rings. The lowest BCUT2D eigenvalue weighted by Gasteiger charge is -2.41. The van der Waals surface area contributed by atoms with Crippen LogP contribution in [0, 0.1) is 23.4 Å². The monoisotopic (exact) mass is 671 g/mol. The van der Waals surface area contributed by atoms with Crippen LogP contribution < -0.4 is 16.0 Å². The number of aliphatic hydroxyl groups is 2. The van der Waals surface area contributed by atoms with Crippen molar-refractivity contribution in [3.63, 3.8) is 0 Å². The van der Waals surface area contributed by atoms with E-state index in [0.717, 1.165) is 35.9 Å². The Kier molecular flexibility index (Phi) is 9.93. The van der Waals surface area contributed by atoms with Crippen LogP contribution in [0.3, 0.4) is 0 Å². The van der Waals surface area contributed by atoms with Crippen molar-refractivity contribution in [3.8, 4) is 11.3 Å². The summed E-state index contributed by atoms with van der Waals surface area (Å²) < 4.78 is 72.3. The Morgan fingerprint density at radius 3 is 2.28 bits per heavy atom. The van der Waals surface area contributed by atoms with Crippen molar-refractivity contribution in [2.45, 2.75) is 42.9 Å². The molecule has 0 unspecified atom stereocenters. The van der Waals surface area contributed by atoms with Crippen molar-refractivity contribution < 1.29 is 41.1 Å². The second-order valence-corrected chi connectivity index (χ2v) is 12.8. The molecule has 4 atom stereocenters. The van der Waals surface area contributed by atoms with Crippen LogP contribution in [0.1, 0.15) is 41.2 Å². The molecule has 0 saturated carbocycles. The van der Waals surface area contributed by atoms with E-state index < -0.39 is 63.0 Å². The van der Waals surface area contributed by atoms with Gasteiger partial charge in [-0.3, -0.25) is 14.3 Å². The zero-order chi connectivity index (χ0) is 34.0. The maximum Gasteiger partial charge on any atom is 0.294 e. The number of aromatic nitrogens is 2. The van der Waals surface area contributed by atoms with E-state index in [2.05, 4.69) is 15.3 Å². The molecule has 2 aromatic carbocycles. The van der Waals surface area contributed by atoms with E-state index in [-0.39, 0.29) is 16.5 Å². The Morgan fingerprint density at radius 1 is 0.979 bits per heavy atom. The molecule has 0 spiro atoms. The van der Waals surface area contributed by atoms with Gasteiger partial charge in [0.1, 0.15) is 28.8 Å². The zero-order valence-electron chi connectivity index (χ0n) is 25.0. The van der Waals surface area contributed by atoms with E-state index in [9.17, 15) is 36.6 Å². The molecule has 1 saturated heterocycles. The van der Waals surface area contributed by atoms with Crippen LogP contribution in [0.25, 0.3) is 11.3 Å². The van der Waals surface area contributed by atoms with Gasteiger partial charge in [-0.1, -0.05) is 31.2 Å². The smallest absolute Gasteiger partial charge is 0.294 e. The van der Waals surface area contributed by atoms with Gasteiger partial charge in [-0.05, 0) is 49.2 Å². The molecule has 1 amide bonds. The fraction of sp³-hybridized carbons (Fsp3) is 0.281. The van der Waals surface area contributed by atoms with Gasteiger partial charge in [0.15, 0.2) is 0 Å². The lowest BCUT2D eigenvalue weighted by Crippen LogP contribution is -2.56. The van der Waals surface area contributed by atoms with Crippen molar-refractivity contribution >= 4 is 27.4 Å². The normalized spacial score (nSPS) is 20.6. The molecule has 0 bridgehead atoms. The predicted octanol–water partition coefficient (Wildman–Crippen LogP) is 3.87. The number of aliphatic hydroxyl groups excluding tert-OH is 2. The van der Waals surface area contributed by atoms with Crippen LogP contribution in [0.15, 0.2) is 71.8 Å². The molecule has 2 aromatic heterocycles. The molecule has 15 heteroatoms. The Morgan fingerprint density at radius 2 is 1.66 bits per heavy atom. The third kappa shape index (κ3) is 7.29. The molecule has 47 heavy (non-hydrogen) atoms. The summed E-state index contributed by atoms with van der Waals surface area (Å²) in [5.41, 5.74) is 6.85. The summed E-state index contributed by atoms with van der Waals surface area (Å²) in [5.74, 6) is -3.90. The highest BCUT2D eigenvalue weighted by Gasteiger charge is 2.36. The number of halogens is 3. The number of pyridine rings is 2. The maximum atomic E-state index is 14.5. The summed E-state index contributed by atoms with van der Waals surface area (Å²) in [6.45, 7) is 2.64. The average Bonchev–Trinajstić information content (AvgIpc) is 3.40. The molecule has 1 aliphatic heterocycles. The zero-order valence-corrected chi connectivity index (χ0v) is 25.8. The number of rotatable bonds is 5. The number of fused-ring (bicyclic) bond motifs is 1. The largest absolute Gasteiger partial charge is 0.391 e. The molecular formula is C32H32F3N5O6S. The first-order valence-corrected chi connectivity index (χ1v) is 16.0. The van der Waals surface area contributed by atoms with E-state index in [4.69, 9.17) is 10.3 Å². The SMILES string of the molecule is C[C@H]1CN(c2c(NC(=O)c3ccc(F)c(-c4c(F)cccc4F)n3)cnc3c2CC[C@H]3O)C[C@@H](N)[C@@H]1O.O=S(=O)(O)c1ccccc1. The standard InChI is InChI=1S/C26H26F3N5O3.C6H6O3S/c1-12-10-34(11-17(30)25(12)36)24-13-5-8-20(35)22(13)31-9-19(24)33-26(37)18-7-6-16(29)23(32-18)21-14(27)3-2-4-15(21)28;7-10(8,9)6-4-2-1-3-5-6/h2-4,6-7,9,12,17,20,25,35-36H,5,8,10-11,30H2,1H3,(H,33,37);1-5H,(H,7,8,9)/t12-,17+,20+,25+;/m0./s1. The number of hydrogen-bond donors (Lipinski definition) is 5. The minimum absolute atomic E-state index is 0.0741. The highest BCUT2D eigenvalue weighted by molar-refractivity contribution is 7.85. The number of amides is 1. The van der Waals surface area contributed by atoms with E-state index in [1.807, 2.05) is 11.8 Å². The molecule has 1 fully saturated rings. The lowest BCUT2D eigenvalue weighted by molar-refractivity contribution is 0.0784. The highest BCUT2D eigenvalue weighted by atomic mass is 32.2. The number of nitrogens with one attached hydrogen (secondary N) is 1. The van der Waals surface area contributed by atoms with Crippen LogP contribution in [-0.4, -0.2) is 64.3 Å². The fourth-order valence-corrected chi connectivity index (χ4v) is 6.21. The molecule has 11 nitrogen and oxygen atoms in total. The van der Waals surface area contributed by atoms with Gasteiger partial charge < -0.3 is 26.2 Å². The van der Waals surface area contributed by atoms with Crippen molar-refractivity contribution in [1.29, 1.82) is 0 Å². The third-order valence-corrected chi connectivity index (χ3v) is 8.88. The highest BCUT2D eigenvalue weighted by Crippen LogP contribution is 2.41. The minimum Gasteiger partial charge on any atom is -0.391 e. The number of hydrogen-bond acceptors (Lipinski definition) is 9. The summed E-state index contributed by atoms with van der Waals surface area (Å²) in [5, 5.41) is 23.4. The number of nitrogens with two attached hydrogens (primary N) is 1. The van der Waals surface area contributed by atoms with Gasteiger partial charge in [0, 0.05) is 30.6 Å². The summed E-state index contributed by atoms with van der Waals surface area (Å²) in [6, 6.07) is 12.0. The topological polar surface area (TPSA) is 179 Å². The molecule has 2 aliphatic rings. The Hall–Kier alpha value is -4.41. The number of carbonyl (C=O) groups is 1. The van der Waals surface area contributed by atoms with Crippen molar-refractivity contribution in [2.75, 3.05) is 23.3 Å². The summed E-state index contributed by atoms with van der Waals surface area (Å²) >= 11 is 0. The fourth-order valence-electron chi connectivity index (χ4n) is 5.71. The lowest BCUT2D eigenvalue weighted by atomic mass is 9.92. The van der Waals surface area contributed by atoms with Gasteiger partial charge in [0.2, 0.25) is 0 Å². The van der Waals surface area contributed by atoms with Crippen LogP contribution in [0.2, 0.25) is 0 Å². The summed E-state index contributed by atoms with van der Waals surface area (Å²) in [4.78, 5) is 23.4. The van der Waals surface area contributed by atoms with Gasteiger partial charge in [0.05, 0.1) is 45.9 Å². The second kappa shape index (κ2) is 13.8. The number of anilines is 2. The molecule has 6 rings (SSSR count). The Balaban J connectivity index is 0.000000371. The van der Waals surface area contributed by atoms with Gasteiger partial charge in [-0.15, -0.1) is 0 Å². The van der Waals surface area contributed by atoms with Crippen molar-refractivity contribution in [2.24, 2.45) is 11.7 Å². The molecule has 1 aliphatic carbocycles. The van der Waals surface area contributed by atoms with Gasteiger partial charge >= 0.3 is 0 Å². The quantitative estimate of drug-likeness (QED) is 0.196. The summed E-state index contributed by atoms with van der Waals surface area (Å²) in [6.07, 6.45) is 0.994. The Bertz CT molecular complexity index is 1870. The first kappa shape index (κ1) is 33.9. The molecular weight excluding hydrogens is 639 g/mol. The van der Waals surface area contributed by atoms with Gasteiger partial charge in [-0.25, -0.2) is 18.2 Å². The first-order chi connectivity index (χ1) is 22.3. The third-order valence-electron chi connectivity index (χ3n) is 8.01. The van der Waals surface area contributed by atoms with E-state index in [1.54, 1.807) is 18.2 Å².